The van der Waals surface area contributed by atoms with Gasteiger partial charge in [-0.15, -0.1) is 0 Å². The first-order valence-electron chi connectivity index (χ1n) is 5.87. The van der Waals surface area contributed by atoms with Crippen LogP contribution in [-0.4, -0.2) is 9.55 Å². The van der Waals surface area contributed by atoms with Crippen LogP contribution in [0.3, 0.4) is 0 Å². The van der Waals surface area contributed by atoms with Crippen LogP contribution in [0.2, 0.25) is 0 Å². The molecule has 0 aliphatic heterocycles. The lowest BCUT2D eigenvalue weighted by Gasteiger charge is -2.08. The SMILES string of the molecule is Cc1cc(C#N)ccc1CNCc1nccn1C. The second kappa shape index (κ2) is 5.48. The third-order valence-corrected chi connectivity index (χ3v) is 2.99. The van der Waals surface area contributed by atoms with E-state index in [4.69, 9.17) is 5.26 Å². The van der Waals surface area contributed by atoms with Gasteiger partial charge < -0.3 is 9.88 Å². The lowest BCUT2D eigenvalue weighted by atomic mass is 10.1. The largest absolute Gasteiger partial charge is 0.337 e. The second-order valence-electron chi connectivity index (χ2n) is 4.31. The first-order chi connectivity index (χ1) is 8.70. The number of aromatic nitrogens is 2. The molecule has 1 heterocycles. The maximum absolute atomic E-state index is 8.81. The monoisotopic (exact) mass is 240 g/mol. The Labute approximate surface area is 107 Å². The molecule has 4 nitrogen and oxygen atoms in total. The van der Waals surface area contributed by atoms with Crippen molar-refractivity contribution in [2.45, 2.75) is 20.0 Å². The smallest absolute Gasteiger partial charge is 0.122 e. The van der Waals surface area contributed by atoms with E-state index in [1.807, 2.05) is 42.9 Å². The highest BCUT2D eigenvalue weighted by Crippen LogP contribution is 2.10. The van der Waals surface area contributed by atoms with Crippen LogP contribution in [0.4, 0.5) is 0 Å². The predicted molar refractivity (Wildman–Crippen MR) is 69.6 cm³/mol. The topological polar surface area (TPSA) is 53.6 Å². The van der Waals surface area contributed by atoms with E-state index in [1.165, 1.54) is 5.56 Å². The Kier molecular flexibility index (Phi) is 3.75. The zero-order chi connectivity index (χ0) is 13.0. The summed E-state index contributed by atoms with van der Waals surface area (Å²) >= 11 is 0. The Morgan fingerprint density at radius 2 is 2.22 bits per heavy atom. The molecular weight excluding hydrogens is 224 g/mol. The Balaban J connectivity index is 1.95. The fourth-order valence-corrected chi connectivity index (χ4v) is 1.84. The minimum absolute atomic E-state index is 0.709. The molecule has 0 bridgehead atoms. The van der Waals surface area contributed by atoms with E-state index in [1.54, 1.807) is 6.20 Å². The summed E-state index contributed by atoms with van der Waals surface area (Å²) in [5.41, 5.74) is 3.06. The van der Waals surface area contributed by atoms with Crippen LogP contribution in [0, 0.1) is 18.3 Å². The summed E-state index contributed by atoms with van der Waals surface area (Å²) in [6.07, 6.45) is 3.73. The number of hydrogen-bond acceptors (Lipinski definition) is 3. The van der Waals surface area contributed by atoms with Crippen LogP contribution in [0.1, 0.15) is 22.5 Å². The minimum Gasteiger partial charge on any atom is -0.337 e. The quantitative estimate of drug-likeness (QED) is 0.888. The van der Waals surface area contributed by atoms with Crippen LogP contribution in [0.25, 0.3) is 0 Å². The first kappa shape index (κ1) is 12.3. The van der Waals surface area contributed by atoms with Crippen molar-refractivity contribution < 1.29 is 0 Å². The summed E-state index contributed by atoms with van der Waals surface area (Å²) in [4.78, 5) is 4.25. The molecule has 0 atom stereocenters. The molecule has 0 saturated carbocycles. The fraction of sp³-hybridized carbons (Fsp3) is 0.286. The van der Waals surface area contributed by atoms with Gasteiger partial charge in [0.2, 0.25) is 0 Å². The van der Waals surface area contributed by atoms with Gasteiger partial charge in [-0.25, -0.2) is 4.98 Å². The van der Waals surface area contributed by atoms with Crippen molar-refractivity contribution in [2.75, 3.05) is 0 Å². The van der Waals surface area contributed by atoms with Gasteiger partial charge in [-0.2, -0.15) is 5.26 Å². The first-order valence-corrected chi connectivity index (χ1v) is 5.87. The summed E-state index contributed by atoms with van der Waals surface area (Å²) in [5.74, 6) is 1.02. The van der Waals surface area contributed by atoms with Crippen LogP contribution in [0.15, 0.2) is 30.6 Å². The van der Waals surface area contributed by atoms with E-state index < -0.39 is 0 Å². The molecule has 0 radical (unpaired) electrons. The van der Waals surface area contributed by atoms with E-state index in [0.717, 1.165) is 24.5 Å². The average molecular weight is 240 g/mol. The molecule has 1 aromatic heterocycles. The third kappa shape index (κ3) is 2.76. The van der Waals surface area contributed by atoms with E-state index in [-0.39, 0.29) is 0 Å². The molecule has 0 unspecified atom stereocenters. The molecule has 4 heteroatoms. The summed E-state index contributed by atoms with van der Waals surface area (Å²) in [7, 11) is 1.98. The number of rotatable bonds is 4. The number of imidazole rings is 1. The Bertz CT molecular complexity index is 578. The van der Waals surface area contributed by atoms with E-state index in [9.17, 15) is 0 Å². The Morgan fingerprint density at radius 1 is 1.39 bits per heavy atom. The Morgan fingerprint density at radius 3 is 2.83 bits per heavy atom. The maximum atomic E-state index is 8.81. The zero-order valence-electron chi connectivity index (χ0n) is 10.6. The molecule has 0 aliphatic carbocycles. The third-order valence-electron chi connectivity index (χ3n) is 2.99. The summed E-state index contributed by atoms with van der Waals surface area (Å²) in [5, 5.41) is 12.2. The van der Waals surface area contributed by atoms with Gasteiger partial charge in [0.1, 0.15) is 5.82 Å². The van der Waals surface area contributed by atoms with Gasteiger partial charge in [-0.05, 0) is 30.2 Å². The molecule has 18 heavy (non-hydrogen) atoms. The van der Waals surface area contributed by atoms with Crippen LogP contribution < -0.4 is 5.32 Å². The molecule has 1 aromatic carbocycles. The van der Waals surface area contributed by atoms with Crippen molar-refractivity contribution in [3.63, 3.8) is 0 Å². The standard InChI is InChI=1S/C14H16N4/c1-11-7-12(8-15)3-4-13(11)9-16-10-14-17-5-6-18(14)2/h3-7,16H,9-10H2,1-2H3. The number of nitriles is 1. The van der Waals surface area contributed by atoms with Crippen LogP contribution in [-0.2, 0) is 20.1 Å². The van der Waals surface area contributed by atoms with Gasteiger partial charge in [0.15, 0.2) is 0 Å². The number of nitrogens with one attached hydrogen (secondary N) is 1. The Hall–Kier alpha value is -2.12. The average Bonchev–Trinajstić information content (AvgIpc) is 2.77. The summed E-state index contributed by atoms with van der Waals surface area (Å²) in [6.45, 7) is 3.55. The highest BCUT2D eigenvalue weighted by atomic mass is 15.1. The van der Waals surface area contributed by atoms with Crippen LogP contribution >= 0.6 is 0 Å². The molecule has 1 N–H and O–H groups in total. The van der Waals surface area contributed by atoms with E-state index in [0.29, 0.717) is 5.56 Å². The van der Waals surface area contributed by atoms with Gasteiger partial charge in [0, 0.05) is 26.0 Å². The van der Waals surface area contributed by atoms with Crippen molar-refractivity contribution in [3.8, 4) is 6.07 Å². The number of hydrogen-bond donors (Lipinski definition) is 1. The van der Waals surface area contributed by atoms with Crippen molar-refractivity contribution in [3.05, 3.63) is 53.1 Å². The molecule has 2 rings (SSSR count). The van der Waals surface area contributed by atoms with E-state index in [2.05, 4.69) is 16.4 Å². The number of benzene rings is 1. The molecule has 0 saturated heterocycles. The molecule has 0 aliphatic rings. The molecule has 0 spiro atoms. The van der Waals surface area contributed by atoms with Crippen molar-refractivity contribution in [2.24, 2.45) is 7.05 Å². The molecule has 2 aromatic rings. The van der Waals surface area contributed by atoms with Gasteiger partial charge >= 0.3 is 0 Å². The lowest BCUT2D eigenvalue weighted by molar-refractivity contribution is 0.637. The zero-order valence-corrected chi connectivity index (χ0v) is 10.6. The summed E-state index contributed by atoms with van der Waals surface area (Å²) < 4.78 is 2.00. The normalized spacial score (nSPS) is 10.3. The maximum Gasteiger partial charge on any atom is 0.122 e. The van der Waals surface area contributed by atoms with Gasteiger partial charge in [-0.1, -0.05) is 6.07 Å². The molecule has 0 fully saturated rings. The minimum atomic E-state index is 0.709. The molecule has 0 amide bonds. The van der Waals surface area contributed by atoms with Gasteiger partial charge in [0.05, 0.1) is 18.2 Å². The number of nitrogens with zero attached hydrogens (tertiary/aromatic N) is 3. The van der Waals surface area contributed by atoms with Gasteiger partial charge in [-0.3, -0.25) is 0 Å². The highest BCUT2D eigenvalue weighted by molar-refractivity contribution is 5.37. The molecule has 92 valence electrons. The van der Waals surface area contributed by atoms with Crippen molar-refractivity contribution in [1.29, 1.82) is 5.26 Å². The fourth-order valence-electron chi connectivity index (χ4n) is 1.84. The van der Waals surface area contributed by atoms with Crippen LogP contribution in [0.5, 0.6) is 0 Å². The van der Waals surface area contributed by atoms with Crippen molar-refractivity contribution in [1.82, 2.24) is 14.9 Å². The highest BCUT2D eigenvalue weighted by Gasteiger charge is 2.01. The predicted octanol–water partition coefficient (Wildman–Crippen LogP) is 1.89. The summed E-state index contributed by atoms with van der Waals surface area (Å²) in [6, 6.07) is 7.91. The molecular formula is C14H16N4. The van der Waals surface area contributed by atoms with E-state index >= 15 is 0 Å². The lowest BCUT2D eigenvalue weighted by Crippen LogP contribution is -2.16. The van der Waals surface area contributed by atoms with Crippen molar-refractivity contribution >= 4 is 0 Å². The van der Waals surface area contributed by atoms with Gasteiger partial charge in [0.25, 0.3) is 0 Å². The number of aryl methyl sites for hydroxylation is 2. The second-order valence-corrected chi connectivity index (χ2v) is 4.31.